The minimum absolute atomic E-state index is 0.0367. The molecule has 1 aromatic carbocycles. The molecular weight excluding hydrogens is 469 g/mol. The van der Waals surface area contributed by atoms with Gasteiger partial charge in [-0.15, -0.1) is 0 Å². The Kier molecular flexibility index (Phi) is 7.39. The minimum atomic E-state index is -1.21. The average Bonchev–Trinajstić information content (AvgIpc) is 3.11. The van der Waals surface area contributed by atoms with Gasteiger partial charge in [0.2, 0.25) is 11.8 Å². The molecule has 27 heavy (non-hydrogen) atoms. The van der Waals surface area contributed by atoms with E-state index in [9.17, 15) is 29.4 Å². The largest absolute Gasteiger partial charge is 0.508 e. The van der Waals surface area contributed by atoms with Gasteiger partial charge in [-0.1, -0.05) is 12.1 Å². The number of aliphatic carboxylic acids is 1. The number of halogens is 1. The molecule has 1 fully saturated rings. The van der Waals surface area contributed by atoms with Crippen molar-refractivity contribution >= 4 is 44.3 Å². The van der Waals surface area contributed by atoms with Crippen LogP contribution in [0.2, 0.25) is 0 Å². The molecule has 0 saturated carbocycles. The third-order valence-electron chi connectivity index (χ3n) is 4.21. The van der Waals surface area contributed by atoms with E-state index in [4.69, 9.17) is 0 Å². The maximum absolute atomic E-state index is 12.2. The fraction of sp³-hybridized carbons (Fsp3) is 0.412. The number of amides is 3. The summed E-state index contributed by atoms with van der Waals surface area (Å²) < 4.78 is -0.227. The normalized spacial score (nSPS) is 17.2. The Morgan fingerprint density at radius 3 is 2.48 bits per heavy atom. The molecule has 1 aliphatic heterocycles. The number of benzene rings is 1. The zero-order chi connectivity index (χ0) is 20.0. The predicted molar refractivity (Wildman–Crippen MR) is 104 cm³/mol. The number of nitrogens with one attached hydrogen (secondary N) is 2. The van der Waals surface area contributed by atoms with Crippen molar-refractivity contribution in [1.82, 2.24) is 15.5 Å². The number of carbonyl (C=O) groups is 4. The second-order valence-corrected chi connectivity index (χ2v) is 7.07. The van der Waals surface area contributed by atoms with E-state index >= 15 is 0 Å². The summed E-state index contributed by atoms with van der Waals surface area (Å²) in [6, 6.07) is 4.22. The van der Waals surface area contributed by atoms with Gasteiger partial charge in [-0.2, -0.15) is 0 Å². The van der Waals surface area contributed by atoms with Crippen molar-refractivity contribution in [3.63, 3.8) is 0 Å². The van der Waals surface area contributed by atoms with Gasteiger partial charge >= 0.3 is 5.97 Å². The van der Waals surface area contributed by atoms with E-state index in [0.717, 1.165) is 0 Å². The summed E-state index contributed by atoms with van der Waals surface area (Å²) in [4.78, 5) is 48.5. The number of carbonyl (C=O) groups excluding carboxylic acids is 3. The molecule has 0 bridgehead atoms. The molecular formula is C17H20IN3O6. The molecule has 1 aromatic rings. The number of rotatable bonds is 7. The molecule has 0 radical (unpaired) electrons. The van der Waals surface area contributed by atoms with Crippen molar-refractivity contribution in [2.24, 2.45) is 0 Å². The van der Waals surface area contributed by atoms with Gasteiger partial charge in [0.05, 0.1) is 6.54 Å². The Morgan fingerprint density at radius 2 is 1.89 bits per heavy atom. The van der Waals surface area contributed by atoms with Gasteiger partial charge in [0.15, 0.2) is 0 Å². The standard InChI is InChI=1S/C17H20IN3O6/c18-17(27)21-7-1-2-13(21)15(24)19-9-14(23)20-12(16(25)26)8-10-3-5-11(22)6-4-10/h3-6,12-13,22H,1-2,7-9H2,(H,19,24)(H,20,23)(H,25,26)/t12-,13-/m0/s1. The molecule has 10 heteroatoms. The lowest BCUT2D eigenvalue weighted by molar-refractivity contribution is -0.141. The van der Waals surface area contributed by atoms with Gasteiger partial charge in [-0.05, 0) is 30.5 Å². The van der Waals surface area contributed by atoms with Crippen molar-refractivity contribution in [2.45, 2.75) is 31.3 Å². The van der Waals surface area contributed by atoms with Gasteiger partial charge < -0.3 is 25.7 Å². The lowest BCUT2D eigenvalue weighted by Crippen LogP contribution is -2.50. The maximum atomic E-state index is 12.2. The first-order chi connectivity index (χ1) is 12.8. The first-order valence-corrected chi connectivity index (χ1v) is 9.39. The highest BCUT2D eigenvalue weighted by atomic mass is 127. The van der Waals surface area contributed by atoms with Crippen LogP contribution in [0.15, 0.2) is 24.3 Å². The Labute approximate surface area is 169 Å². The van der Waals surface area contributed by atoms with E-state index in [-0.39, 0.29) is 22.6 Å². The second-order valence-electron chi connectivity index (χ2n) is 6.15. The summed E-state index contributed by atoms with van der Waals surface area (Å²) >= 11 is 1.62. The third-order valence-corrected chi connectivity index (χ3v) is 4.83. The minimum Gasteiger partial charge on any atom is -0.508 e. The van der Waals surface area contributed by atoms with E-state index in [0.29, 0.717) is 24.9 Å². The van der Waals surface area contributed by atoms with Crippen LogP contribution in [-0.4, -0.2) is 62.0 Å². The van der Waals surface area contributed by atoms with Crippen molar-refractivity contribution in [2.75, 3.05) is 13.1 Å². The number of nitrogens with zero attached hydrogens (tertiary/aromatic N) is 1. The molecule has 2 rings (SSSR count). The third kappa shape index (κ3) is 6.08. The molecule has 2 atom stereocenters. The second kappa shape index (κ2) is 9.53. The highest BCUT2D eigenvalue weighted by molar-refractivity contribution is 14.1. The van der Waals surface area contributed by atoms with Crippen LogP contribution in [0.5, 0.6) is 5.75 Å². The van der Waals surface area contributed by atoms with E-state index in [1.165, 1.54) is 17.0 Å². The number of carboxylic acid groups (broad SMARTS) is 1. The fourth-order valence-corrected chi connectivity index (χ4v) is 3.43. The van der Waals surface area contributed by atoms with Crippen LogP contribution >= 0.6 is 22.6 Å². The summed E-state index contributed by atoms with van der Waals surface area (Å²) in [5.41, 5.74) is 0.631. The topological polar surface area (TPSA) is 136 Å². The molecule has 1 aliphatic rings. The lowest BCUT2D eigenvalue weighted by atomic mass is 10.1. The highest BCUT2D eigenvalue weighted by Gasteiger charge is 2.33. The molecule has 3 amide bonds. The molecule has 0 unspecified atom stereocenters. The maximum Gasteiger partial charge on any atom is 0.326 e. The Hall–Kier alpha value is -2.37. The van der Waals surface area contributed by atoms with Crippen LogP contribution in [0.3, 0.4) is 0 Å². The molecule has 0 aliphatic carbocycles. The number of phenolic OH excluding ortho intramolecular Hbond substituents is 1. The van der Waals surface area contributed by atoms with Crippen LogP contribution in [0, 0.1) is 0 Å². The molecule has 1 heterocycles. The molecule has 146 valence electrons. The van der Waals surface area contributed by atoms with Crippen LogP contribution in [0.4, 0.5) is 4.79 Å². The van der Waals surface area contributed by atoms with Crippen molar-refractivity contribution in [1.29, 1.82) is 0 Å². The van der Waals surface area contributed by atoms with Crippen LogP contribution in [-0.2, 0) is 20.8 Å². The number of carboxylic acids is 1. The zero-order valence-electron chi connectivity index (χ0n) is 14.4. The quantitative estimate of drug-likeness (QED) is 0.252. The number of phenols is 1. The van der Waals surface area contributed by atoms with Gasteiger partial charge in [-0.3, -0.25) is 14.4 Å². The summed E-state index contributed by atoms with van der Waals surface area (Å²) in [6.45, 7) is 0.123. The van der Waals surface area contributed by atoms with Crippen LogP contribution in [0.1, 0.15) is 18.4 Å². The van der Waals surface area contributed by atoms with Gasteiger partial charge in [0.1, 0.15) is 17.8 Å². The van der Waals surface area contributed by atoms with Gasteiger partial charge in [0.25, 0.3) is 3.91 Å². The van der Waals surface area contributed by atoms with E-state index in [2.05, 4.69) is 10.6 Å². The Balaban J connectivity index is 1.86. The van der Waals surface area contributed by atoms with Crippen LogP contribution < -0.4 is 10.6 Å². The zero-order valence-corrected chi connectivity index (χ0v) is 16.5. The van der Waals surface area contributed by atoms with E-state index in [1.807, 2.05) is 0 Å². The number of aromatic hydroxyl groups is 1. The molecule has 4 N–H and O–H groups in total. The molecule has 0 aromatic heterocycles. The summed E-state index contributed by atoms with van der Waals surface area (Å²) in [7, 11) is 0. The summed E-state index contributed by atoms with van der Waals surface area (Å²) in [5, 5.41) is 23.4. The molecule has 9 nitrogen and oxygen atoms in total. The SMILES string of the molecule is O=C(CNC(=O)[C@@H]1CCCN1C(=O)I)N[C@@H](Cc1ccc(O)cc1)C(=O)O. The smallest absolute Gasteiger partial charge is 0.326 e. The number of likely N-dealkylation sites (tertiary alicyclic amines) is 1. The first-order valence-electron chi connectivity index (χ1n) is 8.32. The summed E-state index contributed by atoms with van der Waals surface area (Å²) in [6.07, 6.45) is 1.28. The van der Waals surface area contributed by atoms with Crippen molar-refractivity contribution < 1.29 is 29.4 Å². The average molecular weight is 489 g/mol. The number of hydrogen-bond acceptors (Lipinski definition) is 5. The van der Waals surface area contributed by atoms with E-state index < -0.39 is 29.9 Å². The summed E-state index contributed by atoms with van der Waals surface area (Å²) in [5.74, 6) is -2.22. The van der Waals surface area contributed by atoms with Crippen LogP contribution in [0.25, 0.3) is 0 Å². The molecule has 0 spiro atoms. The van der Waals surface area contributed by atoms with E-state index in [1.54, 1.807) is 34.7 Å². The van der Waals surface area contributed by atoms with Crippen molar-refractivity contribution in [3.8, 4) is 5.75 Å². The Morgan fingerprint density at radius 1 is 1.22 bits per heavy atom. The Bertz CT molecular complexity index is 724. The van der Waals surface area contributed by atoms with Gasteiger partial charge in [-0.25, -0.2) is 4.79 Å². The molecule has 1 saturated heterocycles. The fourth-order valence-electron chi connectivity index (χ4n) is 2.85. The van der Waals surface area contributed by atoms with Gasteiger partial charge in [0, 0.05) is 35.6 Å². The lowest BCUT2D eigenvalue weighted by Gasteiger charge is -2.21. The highest BCUT2D eigenvalue weighted by Crippen LogP contribution is 2.20. The first kappa shape index (κ1) is 20.9. The number of hydrogen-bond donors (Lipinski definition) is 4. The van der Waals surface area contributed by atoms with Crippen molar-refractivity contribution in [3.05, 3.63) is 29.8 Å². The monoisotopic (exact) mass is 489 g/mol. The predicted octanol–water partition coefficient (Wildman–Crippen LogP) is 0.640.